The molecule has 0 radical (unpaired) electrons. The molecular formula is C18H27FN2O. The van der Waals surface area contributed by atoms with Crippen molar-refractivity contribution >= 4 is 0 Å². The molecule has 2 saturated heterocycles. The molecule has 122 valence electrons. The number of halogens is 1. The number of likely N-dealkylation sites (tertiary alicyclic amines) is 1. The van der Waals surface area contributed by atoms with Crippen molar-refractivity contribution in [3.63, 3.8) is 0 Å². The molecule has 0 bridgehead atoms. The van der Waals surface area contributed by atoms with Crippen LogP contribution in [0.3, 0.4) is 0 Å². The lowest BCUT2D eigenvalue weighted by Gasteiger charge is -2.34. The lowest BCUT2D eigenvalue weighted by Crippen LogP contribution is -2.38. The van der Waals surface area contributed by atoms with Gasteiger partial charge in [-0.3, -0.25) is 0 Å². The van der Waals surface area contributed by atoms with Gasteiger partial charge in [-0.2, -0.15) is 0 Å². The molecule has 4 heteroatoms. The normalized spacial score (nSPS) is 27.4. The minimum atomic E-state index is -0.148. The van der Waals surface area contributed by atoms with Gasteiger partial charge in [-0.05, 0) is 80.9 Å². The minimum absolute atomic E-state index is 0.148. The fourth-order valence-electron chi connectivity index (χ4n) is 4.02. The number of aliphatic hydroxyl groups excluding tert-OH is 1. The Hall–Kier alpha value is -0.970. The summed E-state index contributed by atoms with van der Waals surface area (Å²) in [6.45, 7) is 5.85. The summed E-state index contributed by atoms with van der Waals surface area (Å²) in [6.07, 6.45) is 3.25. The molecule has 3 nitrogen and oxygen atoms in total. The second-order valence-electron chi connectivity index (χ2n) is 6.82. The van der Waals surface area contributed by atoms with Crippen LogP contribution in [0.1, 0.15) is 30.7 Å². The van der Waals surface area contributed by atoms with Gasteiger partial charge in [-0.1, -0.05) is 12.1 Å². The first-order valence-corrected chi connectivity index (χ1v) is 8.55. The Bertz CT molecular complexity index is 457. The molecule has 2 aliphatic rings. The van der Waals surface area contributed by atoms with Crippen LogP contribution in [-0.2, 0) is 0 Å². The molecule has 0 saturated carbocycles. The Kier molecular flexibility index (Phi) is 5.45. The van der Waals surface area contributed by atoms with E-state index in [4.69, 9.17) is 5.11 Å². The quantitative estimate of drug-likeness (QED) is 0.875. The van der Waals surface area contributed by atoms with Gasteiger partial charge in [0.05, 0.1) is 0 Å². The molecule has 22 heavy (non-hydrogen) atoms. The smallest absolute Gasteiger partial charge is 0.123 e. The highest BCUT2D eigenvalue weighted by Gasteiger charge is 2.29. The topological polar surface area (TPSA) is 35.5 Å². The summed E-state index contributed by atoms with van der Waals surface area (Å²) in [7, 11) is 0. The van der Waals surface area contributed by atoms with Gasteiger partial charge in [0.1, 0.15) is 5.82 Å². The second-order valence-corrected chi connectivity index (χ2v) is 6.82. The van der Waals surface area contributed by atoms with Crippen LogP contribution in [0, 0.1) is 17.7 Å². The second kappa shape index (κ2) is 7.53. The van der Waals surface area contributed by atoms with Crippen LogP contribution in [0.4, 0.5) is 4.39 Å². The van der Waals surface area contributed by atoms with E-state index in [1.807, 2.05) is 12.1 Å². The predicted molar refractivity (Wildman–Crippen MR) is 86.4 cm³/mol. The number of nitrogens with one attached hydrogen (secondary N) is 1. The maximum atomic E-state index is 13.0. The number of rotatable bonds is 5. The Labute approximate surface area is 132 Å². The van der Waals surface area contributed by atoms with E-state index in [9.17, 15) is 4.39 Å². The minimum Gasteiger partial charge on any atom is -0.396 e. The highest BCUT2D eigenvalue weighted by Crippen LogP contribution is 2.29. The van der Waals surface area contributed by atoms with Crippen molar-refractivity contribution in [1.82, 2.24) is 10.2 Å². The van der Waals surface area contributed by atoms with Crippen LogP contribution in [0.25, 0.3) is 0 Å². The summed E-state index contributed by atoms with van der Waals surface area (Å²) in [6, 6.07) is 7.03. The van der Waals surface area contributed by atoms with Crippen LogP contribution in [-0.4, -0.2) is 49.3 Å². The van der Waals surface area contributed by atoms with Crippen LogP contribution >= 0.6 is 0 Å². The lowest BCUT2D eigenvalue weighted by molar-refractivity contribution is 0.160. The van der Waals surface area contributed by atoms with Crippen LogP contribution in [0.15, 0.2) is 24.3 Å². The third-order valence-corrected chi connectivity index (χ3v) is 5.40. The third kappa shape index (κ3) is 3.86. The lowest BCUT2D eigenvalue weighted by atomic mass is 9.88. The van der Waals surface area contributed by atoms with Crippen LogP contribution in [0.5, 0.6) is 0 Å². The molecule has 1 aromatic carbocycles. The van der Waals surface area contributed by atoms with Gasteiger partial charge < -0.3 is 15.3 Å². The van der Waals surface area contributed by atoms with Gasteiger partial charge >= 0.3 is 0 Å². The van der Waals surface area contributed by atoms with E-state index in [1.54, 1.807) is 12.1 Å². The van der Waals surface area contributed by atoms with Crippen molar-refractivity contribution in [3.8, 4) is 0 Å². The van der Waals surface area contributed by atoms with E-state index in [1.165, 1.54) is 5.56 Å². The number of hydrogen-bond acceptors (Lipinski definition) is 3. The molecule has 0 aromatic heterocycles. The van der Waals surface area contributed by atoms with E-state index < -0.39 is 0 Å². The molecule has 0 amide bonds. The number of nitrogens with zero attached hydrogens (tertiary/aromatic N) is 1. The first-order valence-electron chi connectivity index (χ1n) is 8.55. The number of benzene rings is 1. The zero-order valence-corrected chi connectivity index (χ0v) is 13.2. The van der Waals surface area contributed by atoms with Crippen molar-refractivity contribution < 1.29 is 9.50 Å². The first-order chi connectivity index (χ1) is 10.8. The molecule has 2 aliphatic heterocycles. The summed E-state index contributed by atoms with van der Waals surface area (Å²) >= 11 is 0. The molecule has 0 spiro atoms. The van der Waals surface area contributed by atoms with Gasteiger partial charge in [0.15, 0.2) is 0 Å². The highest BCUT2D eigenvalue weighted by atomic mass is 19.1. The van der Waals surface area contributed by atoms with Crippen molar-refractivity contribution in [3.05, 3.63) is 35.6 Å². The summed E-state index contributed by atoms with van der Waals surface area (Å²) in [5, 5.41) is 12.6. The summed E-state index contributed by atoms with van der Waals surface area (Å²) in [5.41, 5.74) is 1.28. The molecule has 0 aliphatic carbocycles. The van der Waals surface area contributed by atoms with Crippen LogP contribution < -0.4 is 5.32 Å². The maximum absolute atomic E-state index is 13.0. The van der Waals surface area contributed by atoms with Crippen molar-refractivity contribution in [2.75, 3.05) is 39.3 Å². The summed E-state index contributed by atoms with van der Waals surface area (Å²) in [4.78, 5) is 2.57. The van der Waals surface area contributed by atoms with Gasteiger partial charge in [0.2, 0.25) is 0 Å². The molecule has 3 rings (SSSR count). The molecule has 2 fully saturated rings. The van der Waals surface area contributed by atoms with Crippen LogP contribution in [0.2, 0.25) is 0 Å². The zero-order chi connectivity index (χ0) is 15.4. The van der Waals surface area contributed by atoms with Gasteiger partial charge in [0, 0.05) is 13.2 Å². The standard InChI is InChI=1S/C18H27FN2O/c19-18-3-1-14(2-4-18)15-5-8-21(9-6-15)13-17-12-20-11-16(17)7-10-22/h1-4,15-17,20,22H,5-13H2. The fraction of sp³-hybridized carbons (Fsp3) is 0.667. The first kappa shape index (κ1) is 15.9. The van der Waals surface area contributed by atoms with Gasteiger partial charge in [-0.15, -0.1) is 0 Å². The fourth-order valence-corrected chi connectivity index (χ4v) is 4.02. The van der Waals surface area contributed by atoms with E-state index >= 15 is 0 Å². The van der Waals surface area contributed by atoms with Gasteiger partial charge in [0.25, 0.3) is 0 Å². The summed E-state index contributed by atoms with van der Waals surface area (Å²) in [5.74, 6) is 1.73. The maximum Gasteiger partial charge on any atom is 0.123 e. The largest absolute Gasteiger partial charge is 0.396 e. The van der Waals surface area contributed by atoms with Crippen molar-refractivity contribution in [2.45, 2.75) is 25.2 Å². The monoisotopic (exact) mass is 306 g/mol. The van der Waals surface area contributed by atoms with Crippen molar-refractivity contribution in [1.29, 1.82) is 0 Å². The SMILES string of the molecule is OCCC1CNCC1CN1CCC(c2ccc(F)cc2)CC1. The molecule has 2 unspecified atom stereocenters. The van der Waals surface area contributed by atoms with Gasteiger partial charge in [-0.25, -0.2) is 4.39 Å². The Morgan fingerprint density at radius 1 is 1.09 bits per heavy atom. The molecule has 2 heterocycles. The molecular weight excluding hydrogens is 279 g/mol. The van der Waals surface area contributed by atoms with E-state index in [-0.39, 0.29) is 5.82 Å². The average Bonchev–Trinajstić information content (AvgIpc) is 2.97. The number of piperidine rings is 1. The molecule has 1 aromatic rings. The third-order valence-electron chi connectivity index (χ3n) is 5.40. The average molecular weight is 306 g/mol. The summed E-state index contributed by atoms with van der Waals surface area (Å²) < 4.78 is 13.0. The Balaban J connectivity index is 1.48. The number of aliphatic hydroxyl groups is 1. The van der Waals surface area contributed by atoms with E-state index in [0.29, 0.717) is 24.4 Å². The van der Waals surface area contributed by atoms with Crippen molar-refractivity contribution in [2.24, 2.45) is 11.8 Å². The Morgan fingerprint density at radius 2 is 1.77 bits per heavy atom. The number of hydrogen-bond donors (Lipinski definition) is 2. The predicted octanol–water partition coefficient (Wildman–Crippen LogP) is 2.22. The Morgan fingerprint density at radius 3 is 2.45 bits per heavy atom. The van der Waals surface area contributed by atoms with E-state index in [0.717, 1.165) is 52.0 Å². The molecule has 2 atom stereocenters. The van der Waals surface area contributed by atoms with E-state index in [2.05, 4.69) is 10.2 Å². The molecule has 2 N–H and O–H groups in total. The highest BCUT2D eigenvalue weighted by molar-refractivity contribution is 5.21. The zero-order valence-electron chi connectivity index (χ0n) is 13.2.